The molecule has 0 aliphatic heterocycles. The van der Waals surface area contributed by atoms with E-state index in [0.29, 0.717) is 5.75 Å². The summed E-state index contributed by atoms with van der Waals surface area (Å²) in [7, 11) is 0. The van der Waals surface area contributed by atoms with Gasteiger partial charge in [-0.2, -0.15) is 0 Å². The van der Waals surface area contributed by atoms with Crippen LogP contribution in [0.15, 0.2) is 48.5 Å². The van der Waals surface area contributed by atoms with Crippen molar-refractivity contribution in [1.82, 2.24) is 0 Å². The molecule has 0 aliphatic carbocycles. The van der Waals surface area contributed by atoms with E-state index in [9.17, 15) is 5.11 Å². The van der Waals surface area contributed by atoms with Gasteiger partial charge in [0.05, 0.1) is 0 Å². The van der Waals surface area contributed by atoms with Gasteiger partial charge in [0, 0.05) is 5.39 Å². The van der Waals surface area contributed by atoms with E-state index in [0.717, 1.165) is 21.5 Å². The lowest BCUT2D eigenvalue weighted by Gasteiger charge is -2.02. The van der Waals surface area contributed by atoms with Crippen molar-refractivity contribution in [2.75, 3.05) is 0 Å². The first-order valence-electron chi connectivity index (χ1n) is 4.87. The Bertz CT molecular complexity index is 641. The van der Waals surface area contributed by atoms with Gasteiger partial charge in [0.2, 0.25) is 0 Å². The van der Waals surface area contributed by atoms with E-state index in [4.69, 9.17) is 0 Å². The minimum Gasteiger partial charge on any atom is -0.507 e. The molecule has 0 unspecified atom stereocenters. The lowest BCUT2D eigenvalue weighted by atomic mass is 10.0. The number of benzene rings is 3. The van der Waals surface area contributed by atoms with Crippen molar-refractivity contribution in [1.29, 1.82) is 0 Å². The second kappa shape index (κ2) is 2.99. The second-order valence-corrected chi connectivity index (χ2v) is 3.59. The fourth-order valence-electron chi connectivity index (χ4n) is 1.85. The molecule has 0 amide bonds. The molecule has 0 saturated heterocycles. The monoisotopic (exact) mass is 193 g/mol. The summed E-state index contributed by atoms with van der Waals surface area (Å²) in [5, 5.41) is 13.7. The Morgan fingerprint density at radius 2 is 1.67 bits per heavy atom. The van der Waals surface area contributed by atoms with Gasteiger partial charge in [0.1, 0.15) is 5.75 Å². The number of phenols is 1. The van der Waals surface area contributed by atoms with Crippen molar-refractivity contribution in [3.63, 3.8) is 0 Å². The van der Waals surface area contributed by atoms with Crippen LogP contribution in [0, 0.1) is 6.07 Å². The van der Waals surface area contributed by atoms with Crippen LogP contribution in [0.3, 0.4) is 0 Å². The SMILES string of the molecule is Oc1cccc2[c]c3ccccc3cc12. The maximum absolute atomic E-state index is 9.71. The molecular weight excluding hydrogens is 184 g/mol. The lowest BCUT2D eigenvalue weighted by Crippen LogP contribution is -1.77. The van der Waals surface area contributed by atoms with Gasteiger partial charge < -0.3 is 5.11 Å². The Kier molecular flexibility index (Phi) is 1.65. The van der Waals surface area contributed by atoms with Crippen LogP contribution in [0.1, 0.15) is 0 Å². The molecule has 1 radical (unpaired) electrons. The smallest absolute Gasteiger partial charge is 0.123 e. The maximum Gasteiger partial charge on any atom is 0.123 e. The molecule has 71 valence electrons. The number of hydrogen-bond acceptors (Lipinski definition) is 1. The lowest BCUT2D eigenvalue weighted by molar-refractivity contribution is 0.481. The Balaban J connectivity index is 2.53. The minimum atomic E-state index is 0.314. The molecule has 0 atom stereocenters. The van der Waals surface area contributed by atoms with Gasteiger partial charge in [-0.15, -0.1) is 0 Å². The van der Waals surface area contributed by atoms with Crippen LogP contribution < -0.4 is 0 Å². The molecule has 0 fully saturated rings. The molecule has 1 heteroatoms. The van der Waals surface area contributed by atoms with E-state index in [1.807, 2.05) is 42.5 Å². The van der Waals surface area contributed by atoms with Crippen LogP contribution in [0.2, 0.25) is 0 Å². The average molecular weight is 193 g/mol. The summed E-state index contributed by atoms with van der Waals surface area (Å²) < 4.78 is 0. The van der Waals surface area contributed by atoms with Gasteiger partial charge in [0.25, 0.3) is 0 Å². The third-order valence-electron chi connectivity index (χ3n) is 2.61. The number of hydrogen-bond donors (Lipinski definition) is 1. The highest BCUT2D eigenvalue weighted by Crippen LogP contribution is 2.28. The fourth-order valence-corrected chi connectivity index (χ4v) is 1.85. The topological polar surface area (TPSA) is 20.2 Å². The molecule has 0 bridgehead atoms. The number of aromatic hydroxyl groups is 1. The molecule has 3 rings (SSSR count). The molecule has 15 heavy (non-hydrogen) atoms. The molecule has 0 aliphatic rings. The zero-order valence-electron chi connectivity index (χ0n) is 8.07. The maximum atomic E-state index is 9.71. The molecule has 0 heterocycles. The summed E-state index contributed by atoms with van der Waals surface area (Å²) in [4.78, 5) is 0. The average Bonchev–Trinajstić information content (AvgIpc) is 2.27. The molecule has 1 nitrogen and oxygen atoms in total. The van der Waals surface area contributed by atoms with Crippen molar-refractivity contribution in [3.8, 4) is 5.75 Å². The second-order valence-electron chi connectivity index (χ2n) is 3.59. The highest BCUT2D eigenvalue weighted by Gasteiger charge is 2.01. The first-order valence-corrected chi connectivity index (χ1v) is 4.87. The fraction of sp³-hybridized carbons (Fsp3) is 0. The van der Waals surface area contributed by atoms with Crippen LogP contribution in [0.25, 0.3) is 21.5 Å². The summed E-state index contributed by atoms with van der Waals surface area (Å²) >= 11 is 0. The zero-order valence-corrected chi connectivity index (χ0v) is 8.07. The first kappa shape index (κ1) is 8.30. The van der Waals surface area contributed by atoms with Crippen molar-refractivity contribution in [3.05, 3.63) is 54.6 Å². The number of phenolic OH excluding ortho intramolecular Hbond substituents is 1. The van der Waals surface area contributed by atoms with E-state index in [1.54, 1.807) is 6.07 Å². The quantitative estimate of drug-likeness (QED) is 0.542. The predicted molar refractivity (Wildman–Crippen MR) is 62.0 cm³/mol. The summed E-state index contributed by atoms with van der Waals surface area (Å²) in [6.45, 7) is 0. The molecule has 0 saturated carbocycles. The van der Waals surface area contributed by atoms with Gasteiger partial charge in [0.15, 0.2) is 0 Å². The third kappa shape index (κ3) is 1.24. The van der Waals surface area contributed by atoms with Crippen LogP contribution >= 0.6 is 0 Å². The van der Waals surface area contributed by atoms with Gasteiger partial charge in [-0.05, 0) is 34.4 Å². The summed E-state index contributed by atoms with van der Waals surface area (Å²) in [5.41, 5.74) is 0. The van der Waals surface area contributed by atoms with Gasteiger partial charge in [-0.25, -0.2) is 0 Å². The van der Waals surface area contributed by atoms with Gasteiger partial charge in [-0.1, -0.05) is 36.4 Å². The number of fused-ring (bicyclic) bond motifs is 2. The molecule has 0 aromatic heterocycles. The van der Waals surface area contributed by atoms with Crippen LogP contribution in [0.4, 0.5) is 0 Å². The van der Waals surface area contributed by atoms with E-state index in [1.165, 1.54) is 0 Å². The van der Waals surface area contributed by atoms with Crippen molar-refractivity contribution < 1.29 is 5.11 Å². The summed E-state index contributed by atoms with van der Waals surface area (Å²) in [5.74, 6) is 0.314. The Hall–Kier alpha value is -2.02. The van der Waals surface area contributed by atoms with E-state index in [-0.39, 0.29) is 0 Å². The first-order chi connectivity index (χ1) is 7.34. The summed E-state index contributed by atoms with van der Waals surface area (Å²) in [6.07, 6.45) is 0. The Labute approximate surface area is 87.6 Å². The molecule has 0 spiro atoms. The van der Waals surface area contributed by atoms with E-state index < -0.39 is 0 Å². The Morgan fingerprint density at radius 3 is 2.60 bits per heavy atom. The predicted octanol–water partition coefficient (Wildman–Crippen LogP) is 3.50. The van der Waals surface area contributed by atoms with Crippen molar-refractivity contribution >= 4 is 21.5 Å². The highest BCUT2D eigenvalue weighted by atomic mass is 16.3. The highest BCUT2D eigenvalue weighted by molar-refractivity contribution is 5.99. The van der Waals surface area contributed by atoms with Crippen molar-refractivity contribution in [2.45, 2.75) is 0 Å². The van der Waals surface area contributed by atoms with Crippen LogP contribution in [0.5, 0.6) is 5.75 Å². The standard InChI is InChI=1S/C14H9O/c15-14-7-3-6-12-8-10-4-1-2-5-11(10)9-13(12)14/h1-7,9,15H. The largest absolute Gasteiger partial charge is 0.507 e. The normalized spacial score (nSPS) is 10.9. The van der Waals surface area contributed by atoms with Crippen LogP contribution in [-0.2, 0) is 0 Å². The summed E-state index contributed by atoms with van der Waals surface area (Å²) in [6, 6.07) is 18.8. The Morgan fingerprint density at radius 1 is 0.867 bits per heavy atom. The van der Waals surface area contributed by atoms with Crippen LogP contribution in [-0.4, -0.2) is 5.11 Å². The van der Waals surface area contributed by atoms with Gasteiger partial charge >= 0.3 is 0 Å². The molecule has 1 N–H and O–H groups in total. The van der Waals surface area contributed by atoms with E-state index in [2.05, 4.69) is 6.07 Å². The molecule has 3 aromatic rings. The van der Waals surface area contributed by atoms with E-state index >= 15 is 0 Å². The van der Waals surface area contributed by atoms with Gasteiger partial charge in [-0.3, -0.25) is 0 Å². The van der Waals surface area contributed by atoms with Crippen molar-refractivity contribution in [2.24, 2.45) is 0 Å². The molecule has 3 aromatic carbocycles. The third-order valence-corrected chi connectivity index (χ3v) is 2.61. The number of rotatable bonds is 0. The zero-order chi connectivity index (χ0) is 10.3. The minimum absolute atomic E-state index is 0.314. The molecular formula is C14H9O.